The second-order valence-electron chi connectivity index (χ2n) is 6.85. The molecule has 1 aromatic carbocycles. The molecular weight excluding hydrogens is 322 g/mol. The maximum absolute atomic E-state index is 13.0. The highest BCUT2D eigenvalue weighted by Crippen LogP contribution is 2.44. The van der Waals surface area contributed by atoms with Crippen molar-refractivity contribution in [3.63, 3.8) is 0 Å². The number of amides is 1. The van der Waals surface area contributed by atoms with E-state index in [2.05, 4.69) is 10.1 Å². The van der Waals surface area contributed by atoms with Gasteiger partial charge in [-0.05, 0) is 43.7 Å². The number of carbonyl (C=O) groups excluding carboxylic acids is 1. The molecule has 1 N–H and O–H groups in total. The van der Waals surface area contributed by atoms with Crippen LogP contribution in [0.5, 0.6) is 0 Å². The Bertz CT molecular complexity index is 827. The van der Waals surface area contributed by atoms with Crippen LogP contribution in [0, 0.1) is 24.7 Å². The Kier molecular flexibility index (Phi) is 3.78. The maximum Gasteiger partial charge on any atom is 0.308 e. The molecule has 7 heteroatoms. The van der Waals surface area contributed by atoms with Gasteiger partial charge in [0.05, 0.1) is 17.0 Å². The van der Waals surface area contributed by atoms with Gasteiger partial charge >= 0.3 is 5.97 Å². The lowest BCUT2D eigenvalue weighted by molar-refractivity contribution is -0.142. The summed E-state index contributed by atoms with van der Waals surface area (Å²) >= 11 is 0. The van der Waals surface area contributed by atoms with Gasteiger partial charge in [0.1, 0.15) is 0 Å². The van der Waals surface area contributed by atoms with E-state index in [1.54, 1.807) is 30.0 Å². The van der Waals surface area contributed by atoms with E-state index in [-0.39, 0.29) is 18.4 Å². The van der Waals surface area contributed by atoms with Crippen molar-refractivity contribution in [3.05, 3.63) is 35.7 Å². The number of aryl methyl sites for hydroxylation is 1. The molecular formula is C18H19N3O4. The van der Waals surface area contributed by atoms with E-state index < -0.39 is 11.9 Å². The SMILES string of the molecule is Cc1noc(-c2ccccc2C(=O)N2C[C@H](C(=O)O)[C@@H](C3CC3)C2)n1. The van der Waals surface area contributed by atoms with E-state index in [0.29, 0.717) is 35.3 Å². The molecule has 2 aromatic rings. The predicted molar refractivity (Wildman–Crippen MR) is 87.7 cm³/mol. The van der Waals surface area contributed by atoms with Gasteiger partial charge < -0.3 is 14.5 Å². The zero-order valence-electron chi connectivity index (χ0n) is 13.9. The average Bonchev–Trinajstić information content (AvgIpc) is 3.20. The fourth-order valence-corrected chi connectivity index (χ4v) is 3.69. The molecule has 1 saturated heterocycles. The number of rotatable bonds is 4. The molecule has 2 heterocycles. The number of carbonyl (C=O) groups is 2. The van der Waals surface area contributed by atoms with E-state index in [4.69, 9.17) is 4.52 Å². The number of carboxylic acids is 1. The Morgan fingerprint density at radius 2 is 2.00 bits per heavy atom. The third-order valence-corrected chi connectivity index (χ3v) is 5.11. The average molecular weight is 341 g/mol. The molecule has 0 unspecified atom stereocenters. The molecule has 0 spiro atoms. The molecule has 1 aliphatic heterocycles. The molecule has 25 heavy (non-hydrogen) atoms. The number of nitrogens with zero attached hydrogens (tertiary/aromatic N) is 3. The molecule has 2 fully saturated rings. The molecule has 0 radical (unpaired) electrons. The van der Waals surface area contributed by atoms with Gasteiger partial charge in [0, 0.05) is 13.1 Å². The summed E-state index contributed by atoms with van der Waals surface area (Å²) in [7, 11) is 0. The molecule has 4 rings (SSSR count). The minimum Gasteiger partial charge on any atom is -0.481 e. The third kappa shape index (κ3) is 2.90. The van der Waals surface area contributed by atoms with E-state index in [0.717, 1.165) is 12.8 Å². The summed E-state index contributed by atoms with van der Waals surface area (Å²) in [6.07, 6.45) is 2.13. The number of hydrogen-bond acceptors (Lipinski definition) is 5. The number of aliphatic carboxylic acids is 1. The van der Waals surface area contributed by atoms with E-state index >= 15 is 0 Å². The summed E-state index contributed by atoms with van der Waals surface area (Å²) in [6, 6.07) is 7.08. The van der Waals surface area contributed by atoms with Crippen molar-refractivity contribution in [2.75, 3.05) is 13.1 Å². The first kappa shape index (κ1) is 15.8. The Hall–Kier alpha value is -2.70. The van der Waals surface area contributed by atoms with Crippen LogP contribution >= 0.6 is 0 Å². The van der Waals surface area contributed by atoms with Crippen LogP contribution < -0.4 is 0 Å². The van der Waals surface area contributed by atoms with Gasteiger partial charge in [-0.25, -0.2) is 0 Å². The zero-order chi connectivity index (χ0) is 17.6. The number of aromatic nitrogens is 2. The van der Waals surface area contributed by atoms with Gasteiger partial charge in [-0.2, -0.15) is 4.98 Å². The zero-order valence-corrected chi connectivity index (χ0v) is 13.9. The van der Waals surface area contributed by atoms with Crippen LogP contribution in [-0.2, 0) is 4.79 Å². The number of likely N-dealkylation sites (tertiary alicyclic amines) is 1. The van der Waals surface area contributed by atoms with Crippen LogP contribution in [0.4, 0.5) is 0 Å². The number of carboxylic acid groups (broad SMARTS) is 1. The van der Waals surface area contributed by atoms with Crippen molar-refractivity contribution in [1.82, 2.24) is 15.0 Å². The first-order chi connectivity index (χ1) is 12.0. The van der Waals surface area contributed by atoms with Crippen LogP contribution in [0.3, 0.4) is 0 Å². The van der Waals surface area contributed by atoms with Crippen molar-refractivity contribution >= 4 is 11.9 Å². The molecule has 130 valence electrons. The van der Waals surface area contributed by atoms with Crippen molar-refractivity contribution in [1.29, 1.82) is 0 Å². The van der Waals surface area contributed by atoms with Gasteiger partial charge in [-0.3, -0.25) is 9.59 Å². The summed E-state index contributed by atoms with van der Waals surface area (Å²) in [5.74, 6) is -0.178. The highest BCUT2D eigenvalue weighted by atomic mass is 16.5. The van der Waals surface area contributed by atoms with Crippen LogP contribution in [0.1, 0.15) is 29.0 Å². The lowest BCUT2D eigenvalue weighted by Gasteiger charge is -2.17. The van der Waals surface area contributed by atoms with Crippen LogP contribution in [0.25, 0.3) is 11.5 Å². The topological polar surface area (TPSA) is 96.5 Å². The van der Waals surface area contributed by atoms with Gasteiger partial charge in [0.25, 0.3) is 11.8 Å². The highest BCUT2D eigenvalue weighted by molar-refractivity contribution is 6.00. The van der Waals surface area contributed by atoms with Gasteiger partial charge in [0.15, 0.2) is 5.82 Å². The van der Waals surface area contributed by atoms with Gasteiger partial charge in [-0.15, -0.1) is 0 Å². The summed E-state index contributed by atoms with van der Waals surface area (Å²) in [5.41, 5.74) is 1.04. The normalized spacial score (nSPS) is 23.0. The van der Waals surface area contributed by atoms with E-state index in [9.17, 15) is 14.7 Å². The molecule has 7 nitrogen and oxygen atoms in total. The lowest BCUT2D eigenvalue weighted by Crippen LogP contribution is -2.30. The fraction of sp³-hybridized carbons (Fsp3) is 0.444. The molecule has 2 aliphatic rings. The van der Waals surface area contributed by atoms with Gasteiger partial charge in [0.2, 0.25) is 0 Å². The van der Waals surface area contributed by atoms with Crippen LogP contribution in [-0.4, -0.2) is 45.1 Å². The molecule has 2 atom stereocenters. The minimum absolute atomic E-state index is 0.0549. The number of hydrogen-bond donors (Lipinski definition) is 1. The summed E-state index contributed by atoms with van der Waals surface area (Å²) in [5, 5.41) is 13.3. The Morgan fingerprint density at radius 1 is 1.24 bits per heavy atom. The molecule has 1 aliphatic carbocycles. The highest BCUT2D eigenvalue weighted by Gasteiger charge is 2.47. The summed E-state index contributed by atoms with van der Waals surface area (Å²) in [4.78, 5) is 30.5. The van der Waals surface area contributed by atoms with Crippen molar-refractivity contribution in [2.45, 2.75) is 19.8 Å². The smallest absolute Gasteiger partial charge is 0.308 e. The monoisotopic (exact) mass is 341 g/mol. The summed E-state index contributed by atoms with van der Waals surface area (Å²) in [6.45, 7) is 2.47. The molecule has 1 saturated carbocycles. The van der Waals surface area contributed by atoms with Crippen LogP contribution in [0.2, 0.25) is 0 Å². The quantitative estimate of drug-likeness (QED) is 0.916. The predicted octanol–water partition coefficient (Wildman–Crippen LogP) is 2.23. The van der Waals surface area contributed by atoms with Crippen molar-refractivity contribution in [3.8, 4) is 11.5 Å². The third-order valence-electron chi connectivity index (χ3n) is 5.11. The molecule has 1 amide bonds. The second-order valence-corrected chi connectivity index (χ2v) is 6.85. The van der Waals surface area contributed by atoms with E-state index in [1.165, 1.54) is 0 Å². The van der Waals surface area contributed by atoms with E-state index in [1.807, 2.05) is 6.07 Å². The molecule has 1 aromatic heterocycles. The molecule has 0 bridgehead atoms. The van der Waals surface area contributed by atoms with Crippen LogP contribution in [0.15, 0.2) is 28.8 Å². The maximum atomic E-state index is 13.0. The Balaban J connectivity index is 1.62. The number of benzene rings is 1. The Labute approximate surface area is 144 Å². The summed E-state index contributed by atoms with van der Waals surface area (Å²) < 4.78 is 5.21. The van der Waals surface area contributed by atoms with Gasteiger partial charge in [-0.1, -0.05) is 17.3 Å². The second kappa shape index (κ2) is 5.98. The largest absolute Gasteiger partial charge is 0.481 e. The minimum atomic E-state index is -0.812. The van der Waals surface area contributed by atoms with Crippen molar-refractivity contribution < 1.29 is 19.2 Å². The lowest BCUT2D eigenvalue weighted by atomic mass is 9.92. The fourth-order valence-electron chi connectivity index (χ4n) is 3.69. The van der Waals surface area contributed by atoms with Crippen molar-refractivity contribution in [2.24, 2.45) is 17.8 Å². The first-order valence-corrected chi connectivity index (χ1v) is 8.46. The standard InChI is InChI=1S/C18H19N3O4/c1-10-19-16(25-20-10)12-4-2-3-5-13(12)17(22)21-8-14(11-6-7-11)15(9-21)18(23)24/h2-5,11,14-15H,6-9H2,1H3,(H,23,24)/t14-,15+/m1/s1. The first-order valence-electron chi connectivity index (χ1n) is 8.46. The Morgan fingerprint density at radius 3 is 2.64 bits per heavy atom.